The Hall–Kier alpha value is -1.68. The molecule has 2 aromatic rings. The van der Waals surface area contributed by atoms with Crippen LogP contribution in [0, 0.1) is 6.92 Å². The molecule has 19 heavy (non-hydrogen) atoms. The monoisotopic (exact) mass is 256 g/mol. The van der Waals surface area contributed by atoms with Gasteiger partial charge < -0.3 is 9.88 Å². The highest BCUT2D eigenvalue weighted by molar-refractivity contribution is 5.15. The van der Waals surface area contributed by atoms with E-state index in [-0.39, 0.29) is 0 Å². The molecule has 0 radical (unpaired) electrons. The summed E-state index contributed by atoms with van der Waals surface area (Å²) in [5, 5.41) is 12.1. The van der Waals surface area contributed by atoms with E-state index in [1.54, 1.807) is 0 Å². The fourth-order valence-corrected chi connectivity index (χ4v) is 2.72. The summed E-state index contributed by atoms with van der Waals surface area (Å²) in [6.45, 7) is 4.09. The number of hydrogen-bond donors (Lipinski definition) is 1. The third-order valence-electron chi connectivity index (χ3n) is 3.80. The smallest absolute Gasteiger partial charge is 0.150 e. The van der Waals surface area contributed by atoms with E-state index in [0.717, 1.165) is 31.2 Å². The van der Waals surface area contributed by atoms with Crippen molar-refractivity contribution in [2.24, 2.45) is 0 Å². The number of benzene rings is 1. The molecule has 3 rings (SSSR count). The second-order valence-corrected chi connectivity index (χ2v) is 5.14. The molecule has 0 spiro atoms. The van der Waals surface area contributed by atoms with Gasteiger partial charge in [-0.05, 0) is 38.3 Å². The lowest BCUT2D eigenvalue weighted by Gasteiger charge is -2.13. The Kier molecular flexibility index (Phi) is 3.60. The number of aryl methyl sites for hydroxylation is 2. The molecule has 1 saturated heterocycles. The van der Waals surface area contributed by atoms with Crippen molar-refractivity contribution in [3.63, 3.8) is 0 Å². The minimum atomic E-state index is 0.386. The van der Waals surface area contributed by atoms with Gasteiger partial charge in [0.1, 0.15) is 11.6 Å². The molecule has 100 valence electrons. The maximum Gasteiger partial charge on any atom is 0.150 e. The normalized spacial score (nSPS) is 18.9. The van der Waals surface area contributed by atoms with Crippen molar-refractivity contribution in [1.82, 2.24) is 20.1 Å². The third-order valence-corrected chi connectivity index (χ3v) is 3.80. The summed E-state index contributed by atoms with van der Waals surface area (Å²) in [7, 11) is 0. The highest BCUT2D eigenvalue weighted by Crippen LogP contribution is 2.22. The first-order chi connectivity index (χ1) is 9.34. The fraction of sp³-hybridized carbons (Fsp3) is 0.467. The number of nitrogens with zero attached hydrogens (tertiary/aromatic N) is 3. The molecule has 1 unspecified atom stereocenters. The quantitative estimate of drug-likeness (QED) is 0.912. The van der Waals surface area contributed by atoms with Crippen LogP contribution >= 0.6 is 0 Å². The molecule has 1 aromatic carbocycles. The predicted molar refractivity (Wildman–Crippen MR) is 74.9 cm³/mol. The van der Waals surface area contributed by atoms with E-state index in [1.807, 2.05) is 6.92 Å². The van der Waals surface area contributed by atoms with Crippen LogP contribution in [0.1, 0.15) is 36.1 Å². The Labute approximate surface area is 113 Å². The third kappa shape index (κ3) is 2.68. The van der Waals surface area contributed by atoms with Gasteiger partial charge in [-0.25, -0.2) is 0 Å². The molecule has 1 fully saturated rings. The van der Waals surface area contributed by atoms with E-state index in [2.05, 4.69) is 50.4 Å². The molecule has 1 aliphatic rings. The summed E-state index contributed by atoms with van der Waals surface area (Å²) in [5.41, 5.74) is 1.36. The summed E-state index contributed by atoms with van der Waals surface area (Å²) < 4.78 is 2.26. The number of hydrogen-bond acceptors (Lipinski definition) is 3. The van der Waals surface area contributed by atoms with E-state index in [0.29, 0.717) is 6.04 Å². The maximum absolute atomic E-state index is 4.36. The Morgan fingerprint density at radius 1 is 1.26 bits per heavy atom. The highest BCUT2D eigenvalue weighted by atomic mass is 15.3. The number of nitrogens with one attached hydrogen (secondary N) is 1. The van der Waals surface area contributed by atoms with Crippen LogP contribution in [0.15, 0.2) is 30.3 Å². The second-order valence-electron chi connectivity index (χ2n) is 5.14. The van der Waals surface area contributed by atoms with Crippen LogP contribution in [0.3, 0.4) is 0 Å². The van der Waals surface area contributed by atoms with Crippen molar-refractivity contribution in [3.05, 3.63) is 47.5 Å². The zero-order valence-corrected chi connectivity index (χ0v) is 11.3. The molecule has 1 atom stereocenters. The largest absolute Gasteiger partial charge is 0.314 e. The molecular weight excluding hydrogens is 236 g/mol. The zero-order valence-electron chi connectivity index (χ0n) is 11.3. The van der Waals surface area contributed by atoms with Gasteiger partial charge in [-0.2, -0.15) is 0 Å². The summed E-state index contributed by atoms with van der Waals surface area (Å²) in [6, 6.07) is 11.0. The van der Waals surface area contributed by atoms with E-state index in [9.17, 15) is 0 Å². The molecule has 0 aliphatic carbocycles. The van der Waals surface area contributed by atoms with E-state index < -0.39 is 0 Å². The van der Waals surface area contributed by atoms with Crippen molar-refractivity contribution < 1.29 is 0 Å². The van der Waals surface area contributed by atoms with Gasteiger partial charge in [0.25, 0.3) is 0 Å². The predicted octanol–water partition coefficient (Wildman–Crippen LogP) is 2.25. The molecule has 4 heteroatoms. The van der Waals surface area contributed by atoms with Crippen LogP contribution < -0.4 is 5.32 Å². The average molecular weight is 256 g/mol. The molecule has 2 heterocycles. The first-order valence-electron chi connectivity index (χ1n) is 7.01. The van der Waals surface area contributed by atoms with Crippen molar-refractivity contribution in [3.8, 4) is 0 Å². The molecule has 0 saturated carbocycles. The lowest BCUT2D eigenvalue weighted by molar-refractivity contribution is 0.540. The summed E-state index contributed by atoms with van der Waals surface area (Å²) in [6.07, 6.45) is 3.43. The lowest BCUT2D eigenvalue weighted by Crippen LogP contribution is -2.19. The number of rotatable bonds is 4. The van der Waals surface area contributed by atoms with Gasteiger partial charge in [-0.3, -0.25) is 0 Å². The first kappa shape index (κ1) is 12.4. The van der Waals surface area contributed by atoms with Gasteiger partial charge in [-0.1, -0.05) is 30.3 Å². The molecule has 1 N–H and O–H groups in total. The number of aromatic nitrogens is 3. The summed E-state index contributed by atoms with van der Waals surface area (Å²) >= 11 is 0. The zero-order chi connectivity index (χ0) is 13.1. The van der Waals surface area contributed by atoms with Gasteiger partial charge in [0.05, 0.1) is 6.04 Å². The Bertz CT molecular complexity index is 526. The van der Waals surface area contributed by atoms with E-state index in [4.69, 9.17) is 0 Å². The Balaban J connectivity index is 1.75. The van der Waals surface area contributed by atoms with Crippen molar-refractivity contribution in [1.29, 1.82) is 0 Å². The van der Waals surface area contributed by atoms with Gasteiger partial charge in [0.15, 0.2) is 0 Å². The van der Waals surface area contributed by atoms with Crippen LogP contribution in [0.4, 0.5) is 0 Å². The van der Waals surface area contributed by atoms with Gasteiger partial charge >= 0.3 is 0 Å². The van der Waals surface area contributed by atoms with Crippen molar-refractivity contribution in [2.75, 3.05) is 6.54 Å². The standard InChI is InChI=1S/C15H20N4/c1-12-17-18-15(14-8-5-10-16-14)19(12)11-9-13-6-3-2-4-7-13/h2-4,6-7,14,16H,5,8-11H2,1H3. The maximum atomic E-state index is 4.36. The molecule has 0 amide bonds. The fourth-order valence-electron chi connectivity index (χ4n) is 2.72. The lowest BCUT2D eigenvalue weighted by atomic mass is 10.1. The highest BCUT2D eigenvalue weighted by Gasteiger charge is 2.22. The van der Waals surface area contributed by atoms with Crippen LogP contribution in [0.2, 0.25) is 0 Å². The molecule has 0 bridgehead atoms. The molecular formula is C15H20N4. The topological polar surface area (TPSA) is 42.7 Å². The van der Waals surface area contributed by atoms with Gasteiger partial charge in [0.2, 0.25) is 0 Å². The first-order valence-corrected chi connectivity index (χ1v) is 7.01. The summed E-state index contributed by atoms with van der Waals surface area (Å²) in [4.78, 5) is 0. The van der Waals surface area contributed by atoms with Gasteiger partial charge in [0, 0.05) is 6.54 Å². The van der Waals surface area contributed by atoms with E-state index in [1.165, 1.54) is 18.4 Å². The van der Waals surface area contributed by atoms with E-state index >= 15 is 0 Å². The van der Waals surface area contributed by atoms with Crippen LogP contribution in [0.5, 0.6) is 0 Å². The van der Waals surface area contributed by atoms with Crippen LogP contribution in [-0.4, -0.2) is 21.3 Å². The summed E-state index contributed by atoms with van der Waals surface area (Å²) in [5.74, 6) is 2.12. The SMILES string of the molecule is Cc1nnc(C2CCCN2)n1CCc1ccccc1. The van der Waals surface area contributed by atoms with Gasteiger partial charge in [-0.15, -0.1) is 10.2 Å². The molecule has 1 aliphatic heterocycles. The minimum absolute atomic E-state index is 0.386. The van der Waals surface area contributed by atoms with Crippen molar-refractivity contribution in [2.45, 2.75) is 38.8 Å². The molecule has 4 nitrogen and oxygen atoms in total. The van der Waals surface area contributed by atoms with Crippen LogP contribution in [0.25, 0.3) is 0 Å². The minimum Gasteiger partial charge on any atom is -0.314 e. The van der Waals surface area contributed by atoms with Crippen molar-refractivity contribution >= 4 is 0 Å². The van der Waals surface area contributed by atoms with Crippen LogP contribution in [-0.2, 0) is 13.0 Å². The Morgan fingerprint density at radius 2 is 2.11 bits per heavy atom. The Morgan fingerprint density at radius 3 is 2.84 bits per heavy atom. The average Bonchev–Trinajstić information content (AvgIpc) is 3.07. The second kappa shape index (κ2) is 5.53. The molecule has 1 aromatic heterocycles.